The van der Waals surface area contributed by atoms with Crippen molar-refractivity contribution in [2.75, 3.05) is 0 Å². The molecule has 0 atom stereocenters. The second-order valence-corrected chi connectivity index (χ2v) is 34.3. The van der Waals surface area contributed by atoms with E-state index in [1.807, 2.05) is 155 Å². The van der Waals surface area contributed by atoms with Gasteiger partial charge in [0.1, 0.15) is 0 Å². The first-order valence-electron chi connectivity index (χ1n) is 69.1. The highest BCUT2D eigenvalue weighted by molar-refractivity contribution is 6.19. The Balaban J connectivity index is 0.000000129. The molecule has 0 aliphatic carbocycles. The SMILES string of the molecule is [2H]c1c([2H])c([2H])c(-c2cccc(-c3c([2H])c([2H])c([2H])c([2H])c3[2H])c2-n2c3ccc(-n4c5ccccc5c5ccccc54)cc3c3cc(-n4c5ccccc5c5c([2H])c([2H])c([2H])c([2H])c54)ccc32)c([2H])c1[2H].[2H]c1c([2H])c([2H])c(-c2cccc(-c3c([2H])c([2H])c([2H])c([2H])c3[2H])c2-n2c3ccccc3c3cc(-n4c5c([2H])c([2H])c([2H])c([2H])c5c5c([2H])c([2H])c([2H])c([2H])c54)ccc32)c([2H])c1[2H].[2H]c1c([2H])c([2H])c(-c2cccc(-c3c([2H])c([2H])c([2H])c([2H])c3[2H])c2-n2c3ccccc3c3cc(-n4c5ccccc5c5c([2H])c([2H])c([2H])c([2H])c54)ccc32)c([2H])c1[2H]. The van der Waals surface area contributed by atoms with Crippen molar-refractivity contribution >= 4 is 153 Å². The van der Waals surface area contributed by atoms with Gasteiger partial charge in [0.25, 0.3) is 0 Å². The average molecular weight is 1890 g/mol. The van der Waals surface area contributed by atoms with Crippen molar-refractivity contribution in [3.63, 3.8) is 0 Å². The van der Waals surface area contributed by atoms with Gasteiger partial charge >= 0.3 is 0 Å². The third-order valence-corrected chi connectivity index (χ3v) is 26.7. The molecule has 0 unspecified atom stereocenters. The van der Waals surface area contributed by atoms with Crippen LogP contribution in [0.5, 0.6) is 0 Å². The van der Waals surface area contributed by atoms with Gasteiger partial charge < -0.3 is 32.0 Å². The van der Waals surface area contributed by atoms with Gasteiger partial charge in [0, 0.05) is 132 Å². The Kier molecular flexibility index (Phi) is 11.9. The predicted molar refractivity (Wildman–Crippen MR) is 612 cm³/mol. The molecular weight excluding hydrogens is 1760 g/mol. The Hall–Kier alpha value is -19.3. The van der Waals surface area contributed by atoms with Crippen LogP contribution in [0.3, 0.4) is 0 Å². The minimum Gasteiger partial charge on any atom is -0.309 e. The maximum Gasteiger partial charge on any atom is 0.0645 e. The number of fused-ring (bicyclic) bond motifs is 21. The Bertz CT molecular complexity index is 12900. The molecule has 30 rings (SSSR count). The van der Waals surface area contributed by atoms with Gasteiger partial charge in [0.05, 0.1) is 157 Å². The summed E-state index contributed by atoms with van der Waals surface area (Å²) in [5.41, 5.74) is 9.11. The fourth-order valence-corrected chi connectivity index (χ4v) is 20.8. The van der Waals surface area contributed by atoms with E-state index < -0.39 is 230 Å². The van der Waals surface area contributed by atoms with Crippen molar-refractivity contribution in [3.05, 3.63) is 551 Å². The van der Waals surface area contributed by atoms with Gasteiger partial charge in [0.15, 0.2) is 0 Å². The number of benzene rings is 23. The summed E-state index contributed by atoms with van der Waals surface area (Å²) in [6, 6.07) is 57.9. The number of hydrogen-bond donors (Lipinski definition) is 0. The van der Waals surface area contributed by atoms with Crippen molar-refractivity contribution < 1.29 is 63.1 Å². The molecule has 0 saturated heterocycles. The molecule has 7 aromatic heterocycles. The third kappa shape index (κ3) is 13.8. The summed E-state index contributed by atoms with van der Waals surface area (Å²) in [5, 5.41) is 7.62. The maximum atomic E-state index is 9.22. The van der Waals surface area contributed by atoms with E-state index in [2.05, 4.69) is 16.7 Å². The summed E-state index contributed by atoms with van der Waals surface area (Å²) in [6.07, 6.45) is 0. The number of aromatic nitrogens is 7. The molecule has 0 spiro atoms. The molecule has 678 valence electrons. The topological polar surface area (TPSA) is 34.5 Å². The minimum absolute atomic E-state index is 0.0763. The normalized spacial score (nSPS) is 16.2. The summed E-state index contributed by atoms with van der Waals surface area (Å²) in [6.45, 7) is 0. The molecule has 0 amide bonds. The monoisotopic (exact) mass is 1890 g/mol. The zero-order valence-corrected chi connectivity index (χ0v) is 75.6. The highest BCUT2D eigenvalue weighted by Gasteiger charge is 2.28. The van der Waals surface area contributed by atoms with Gasteiger partial charge in [-0.25, -0.2) is 0 Å². The lowest BCUT2D eigenvalue weighted by Gasteiger charge is -2.19. The molecule has 0 radical (unpaired) electrons. The fraction of sp³-hybridized carbons (Fsp3) is 0. The summed E-state index contributed by atoms with van der Waals surface area (Å²) in [4.78, 5) is 0. The summed E-state index contributed by atoms with van der Waals surface area (Å²) >= 11 is 0. The van der Waals surface area contributed by atoms with Gasteiger partial charge in [-0.1, -0.05) is 418 Å². The van der Waals surface area contributed by atoms with Crippen LogP contribution >= 0.6 is 0 Å². The Morgan fingerprint density at radius 2 is 0.283 bits per heavy atom. The molecule has 145 heavy (non-hydrogen) atoms. The first kappa shape index (κ1) is 49.5. The van der Waals surface area contributed by atoms with E-state index in [4.69, 9.17) is 56.2 Å². The molecule has 23 aromatic carbocycles. The van der Waals surface area contributed by atoms with Crippen molar-refractivity contribution in [1.82, 2.24) is 32.0 Å². The number of para-hydroxylation sites is 13. The second kappa shape index (κ2) is 34.9. The summed E-state index contributed by atoms with van der Waals surface area (Å²) in [7, 11) is 0. The van der Waals surface area contributed by atoms with Crippen molar-refractivity contribution in [3.8, 4) is 107 Å². The summed E-state index contributed by atoms with van der Waals surface area (Å²) in [5.74, 6) is 0. The van der Waals surface area contributed by atoms with Gasteiger partial charge in [-0.2, -0.15) is 0 Å². The smallest absolute Gasteiger partial charge is 0.0645 e. The molecule has 0 fully saturated rings. The second-order valence-electron chi connectivity index (χ2n) is 34.3. The van der Waals surface area contributed by atoms with E-state index >= 15 is 0 Å². The van der Waals surface area contributed by atoms with E-state index in [0.717, 1.165) is 27.5 Å². The van der Waals surface area contributed by atoms with Crippen LogP contribution in [0.1, 0.15) is 63.1 Å². The lowest BCUT2D eigenvalue weighted by Crippen LogP contribution is -2.01. The van der Waals surface area contributed by atoms with Crippen LogP contribution in [0.25, 0.3) is 259 Å². The van der Waals surface area contributed by atoms with Crippen molar-refractivity contribution in [2.45, 2.75) is 0 Å². The zero-order chi connectivity index (χ0) is 136. The van der Waals surface area contributed by atoms with Crippen LogP contribution in [0, 0.1) is 0 Å². The maximum absolute atomic E-state index is 9.22. The molecule has 30 aromatic rings. The predicted octanol–water partition coefficient (Wildman–Crippen LogP) is 36.7. The standard InChI is InChI=1S/C54H35N3.2C42H28N2/c1-3-16-36(17-4-1)40-24-15-25-41(37-18-5-2-6-19-37)54(40)57-52-32-30-38(55-48-26-11-7-20-42(48)43-21-8-12-27-49(43)55)34-46(52)47-35-39(31-33-53(47)57)56-50-28-13-9-22-44(50)45-23-10-14-29-51(45)56;2*1-3-14-29(15-4-1)32-21-13-22-33(30-16-5-2-6-17-30)42(32)44-40-25-12-9-20-36(40)37-28-31(26-27-41(37)44)43-38-23-10-7-18-34(38)35-19-8-11-24-39(35)43/h1-35H;2*1-28H/i1D,2D,3D,4D,5D,6D,7D,11D,16D,17D,18D,19D,20D,26D;1D,2D,3D,4D,5D,6D,7D,8D,10D,11D,14D,15D,16D,17D,18D,19D,23D,24D;1D,2D,3D,4D,5D,6D,7D,10D,14D,15D,16D,17D,18D,23D. The lowest BCUT2D eigenvalue weighted by molar-refractivity contribution is 1.16. The van der Waals surface area contributed by atoms with Gasteiger partial charge in [0.2, 0.25) is 0 Å². The Labute approximate surface area is 901 Å². The van der Waals surface area contributed by atoms with Crippen LogP contribution in [-0.4, -0.2) is 32.0 Å². The van der Waals surface area contributed by atoms with Crippen molar-refractivity contribution in [2.24, 2.45) is 0 Å². The zero-order valence-electron chi connectivity index (χ0n) is 122. The molecule has 0 bridgehead atoms. The first-order valence-corrected chi connectivity index (χ1v) is 46.1. The minimum atomic E-state index is -0.628. The van der Waals surface area contributed by atoms with Crippen LogP contribution in [0.2, 0.25) is 0 Å². The average Bonchev–Trinajstić information content (AvgIpc) is 1.54. The highest BCUT2D eigenvalue weighted by atomic mass is 15.0. The molecule has 7 heteroatoms. The molecule has 7 heterocycles. The van der Waals surface area contributed by atoms with E-state index in [-0.39, 0.29) is 165 Å². The molecule has 0 N–H and O–H groups in total. The van der Waals surface area contributed by atoms with E-state index in [1.165, 1.54) is 22.8 Å². The van der Waals surface area contributed by atoms with Crippen molar-refractivity contribution in [1.29, 1.82) is 0 Å². The lowest BCUT2D eigenvalue weighted by atomic mass is 9.95. The van der Waals surface area contributed by atoms with Gasteiger partial charge in [-0.05, 0) is 167 Å². The number of nitrogens with zero attached hydrogens (tertiary/aromatic N) is 7. The Morgan fingerprint density at radius 1 is 0.117 bits per heavy atom. The molecule has 0 aliphatic heterocycles. The quantitative estimate of drug-likeness (QED) is 0.110. The highest BCUT2D eigenvalue weighted by Crippen LogP contribution is 2.50. The first-order chi connectivity index (χ1) is 91.1. The molecular formula is C138H91N7. The summed E-state index contributed by atoms with van der Waals surface area (Å²) < 4.78 is 414. The van der Waals surface area contributed by atoms with E-state index in [1.54, 1.807) is 111 Å². The van der Waals surface area contributed by atoms with Gasteiger partial charge in [-0.3, -0.25) is 0 Å². The van der Waals surface area contributed by atoms with Gasteiger partial charge in [-0.15, -0.1) is 0 Å². The number of rotatable bonds is 13. The largest absolute Gasteiger partial charge is 0.309 e. The third-order valence-electron chi connectivity index (χ3n) is 26.7. The van der Waals surface area contributed by atoms with E-state index in [0.29, 0.717) is 115 Å². The number of hydrogen-bond acceptors (Lipinski definition) is 0. The van der Waals surface area contributed by atoms with E-state index in [9.17, 15) is 6.85 Å². The fourth-order valence-electron chi connectivity index (χ4n) is 20.8. The van der Waals surface area contributed by atoms with Crippen LogP contribution in [-0.2, 0) is 0 Å². The molecule has 7 nitrogen and oxygen atoms in total. The van der Waals surface area contributed by atoms with Crippen LogP contribution < -0.4 is 0 Å². The van der Waals surface area contributed by atoms with Crippen LogP contribution in [0.4, 0.5) is 0 Å². The molecule has 0 aliphatic rings. The Morgan fingerprint density at radius 3 is 0.524 bits per heavy atom. The molecule has 0 saturated carbocycles. The van der Waals surface area contributed by atoms with Crippen LogP contribution in [0.15, 0.2) is 551 Å².